The van der Waals surface area contributed by atoms with Crippen molar-refractivity contribution in [3.8, 4) is 34.7 Å². The minimum Gasteiger partial charge on any atom is -0.416 e. The predicted octanol–water partition coefficient (Wildman–Crippen LogP) is 5.96. The van der Waals surface area contributed by atoms with Gasteiger partial charge in [0.25, 0.3) is 0 Å². The van der Waals surface area contributed by atoms with Crippen molar-refractivity contribution in [1.29, 1.82) is 0 Å². The van der Waals surface area contributed by atoms with Crippen molar-refractivity contribution in [2.45, 2.75) is 0 Å². The molecule has 0 unspecified atom stereocenters. The van der Waals surface area contributed by atoms with Gasteiger partial charge in [0.1, 0.15) is 0 Å². The van der Waals surface area contributed by atoms with Gasteiger partial charge in [-0.1, -0.05) is 60.4 Å². The number of hydrogen-bond donors (Lipinski definition) is 0. The quantitative estimate of drug-likeness (QED) is 0.359. The third-order valence-corrected chi connectivity index (χ3v) is 4.68. The van der Waals surface area contributed by atoms with Gasteiger partial charge in [-0.05, 0) is 59.3 Å². The first-order valence-electron chi connectivity index (χ1n) is 9.35. The second-order valence-electron chi connectivity index (χ2n) is 6.67. The lowest BCUT2D eigenvalue weighted by Crippen LogP contribution is -1.80. The highest BCUT2D eigenvalue weighted by Gasteiger charge is 2.11. The average molecular weight is 372 g/mol. The Labute approximate surface area is 168 Å². The monoisotopic (exact) mass is 372 g/mol. The normalized spacial score (nSPS) is 10.5. The summed E-state index contributed by atoms with van der Waals surface area (Å²) in [7, 11) is 0. The molecule has 29 heavy (non-hydrogen) atoms. The zero-order valence-corrected chi connectivity index (χ0v) is 15.5. The lowest BCUT2D eigenvalue weighted by Gasteiger charge is -1.99. The molecular formula is C26H16N2O. The van der Waals surface area contributed by atoms with Gasteiger partial charge < -0.3 is 4.42 Å². The van der Waals surface area contributed by atoms with Gasteiger partial charge >= 0.3 is 0 Å². The first kappa shape index (κ1) is 17.0. The van der Waals surface area contributed by atoms with Crippen molar-refractivity contribution in [3.05, 3.63) is 108 Å². The van der Waals surface area contributed by atoms with E-state index in [0.29, 0.717) is 11.8 Å². The van der Waals surface area contributed by atoms with Gasteiger partial charge in [0.05, 0.1) is 0 Å². The van der Waals surface area contributed by atoms with E-state index in [-0.39, 0.29) is 0 Å². The van der Waals surface area contributed by atoms with Crippen LogP contribution in [0.2, 0.25) is 0 Å². The summed E-state index contributed by atoms with van der Waals surface area (Å²) in [6, 6.07) is 32.1. The summed E-state index contributed by atoms with van der Waals surface area (Å²) in [5.41, 5.74) is 3.71. The maximum atomic E-state index is 5.92. The van der Waals surface area contributed by atoms with Crippen LogP contribution in [0.3, 0.4) is 0 Å². The molecule has 3 heteroatoms. The van der Waals surface area contributed by atoms with Crippen LogP contribution in [0.15, 0.2) is 101 Å². The van der Waals surface area contributed by atoms with Gasteiger partial charge in [-0.2, -0.15) is 0 Å². The summed E-state index contributed by atoms with van der Waals surface area (Å²) < 4.78 is 5.92. The van der Waals surface area contributed by atoms with Crippen LogP contribution in [-0.2, 0) is 0 Å². The van der Waals surface area contributed by atoms with Gasteiger partial charge in [0.2, 0.25) is 11.8 Å². The van der Waals surface area contributed by atoms with Crippen molar-refractivity contribution in [3.63, 3.8) is 0 Å². The molecule has 4 aromatic carbocycles. The highest BCUT2D eigenvalue weighted by atomic mass is 16.4. The molecule has 0 aliphatic rings. The Morgan fingerprint density at radius 2 is 1.10 bits per heavy atom. The lowest BCUT2D eigenvalue weighted by atomic mass is 10.1. The van der Waals surface area contributed by atoms with Crippen LogP contribution in [0, 0.1) is 11.8 Å². The van der Waals surface area contributed by atoms with Crippen LogP contribution in [0.1, 0.15) is 11.1 Å². The Kier molecular flexibility index (Phi) is 4.36. The Bertz CT molecular complexity index is 1340. The molecule has 0 aliphatic carbocycles. The molecule has 136 valence electrons. The van der Waals surface area contributed by atoms with Crippen LogP contribution in [0.4, 0.5) is 0 Å². The summed E-state index contributed by atoms with van der Waals surface area (Å²) in [6.07, 6.45) is 0. The van der Waals surface area contributed by atoms with E-state index in [2.05, 4.69) is 46.3 Å². The van der Waals surface area contributed by atoms with Crippen LogP contribution in [0.5, 0.6) is 0 Å². The minimum atomic E-state index is 0.496. The topological polar surface area (TPSA) is 38.9 Å². The molecule has 0 radical (unpaired) electrons. The third kappa shape index (κ3) is 3.65. The molecule has 0 saturated carbocycles. The van der Waals surface area contributed by atoms with E-state index in [1.165, 1.54) is 5.39 Å². The Balaban J connectivity index is 1.39. The van der Waals surface area contributed by atoms with Crippen LogP contribution >= 0.6 is 0 Å². The van der Waals surface area contributed by atoms with E-state index in [9.17, 15) is 0 Å². The molecule has 1 aromatic heterocycles. The molecule has 0 fully saturated rings. The van der Waals surface area contributed by atoms with Gasteiger partial charge in [0, 0.05) is 22.3 Å². The summed E-state index contributed by atoms with van der Waals surface area (Å²) in [6.45, 7) is 0. The average Bonchev–Trinajstić information content (AvgIpc) is 3.29. The standard InChI is InChI=1S/C26H16N2O/c1-2-6-19(7-3-1)10-11-20-12-14-22(15-13-20)25-27-28-26(29-25)24-17-16-21-8-4-5-9-23(21)18-24/h1-9,12-18H. The molecule has 0 N–H and O–H groups in total. The first-order chi connectivity index (χ1) is 14.3. The molecule has 0 bridgehead atoms. The Hall–Kier alpha value is -4.16. The van der Waals surface area contributed by atoms with E-state index in [1.54, 1.807) is 0 Å². The predicted molar refractivity (Wildman–Crippen MR) is 115 cm³/mol. The minimum absolute atomic E-state index is 0.496. The lowest BCUT2D eigenvalue weighted by molar-refractivity contribution is 0.584. The molecule has 1 heterocycles. The smallest absolute Gasteiger partial charge is 0.248 e. The molecule has 5 aromatic rings. The molecular weight excluding hydrogens is 356 g/mol. The Morgan fingerprint density at radius 1 is 0.517 bits per heavy atom. The van der Waals surface area contributed by atoms with Crippen molar-refractivity contribution in [2.75, 3.05) is 0 Å². The van der Waals surface area contributed by atoms with Gasteiger partial charge in [-0.15, -0.1) is 10.2 Å². The zero-order chi connectivity index (χ0) is 19.5. The molecule has 3 nitrogen and oxygen atoms in total. The van der Waals surface area contributed by atoms with E-state index in [4.69, 9.17) is 4.42 Å². The van der Waals surface area contributed by atoms with Gasteiger partial charge in [0.15, 0.2) is 0 Å². The van der Waals surface area contributed by atoms with Crippen LogP contribution < -0.4 is 0 Å². The molecule has 0 spiro atoms. The Morgan fingerprint density at radius 3 is 1.86 bits per heavy atom. The summed E-state index contributed by atoms with van der Waals surface area (Å²) in [5, 5.41) is 10.8. The second-order valence-corrected chi connectivity index (χ2v) is 6.67. The number of hydrogen-bond acceptors (Lipinski definition) is 3. The third-order valence-electron chi connectivity index (χ3n) is 4.68. The fourth-order valence-corrected chi connectivity index (χ4v) is 3.14. The first-order valence-corrected chi connectivity index (χ1v) is 9.35. The highest BCUT2D eigenvalue weighted by Crippen LogP contribution is 2.26. The number of fused-ring (bicyclic) bond motifs is 1. The maximum Gasteiger partial charge on any atom is 0.248 e. The van der Waals surface area contributed by atoms with Gasteiger partial charge in [-0.3, -0.25) is 0 Å². The van der Waals surface area contributed by atoms with Crippen molar-refractivity contribution < 1.29 is 4.42 Å². The summed E-state index contributed by atoms with van der Waals surface area (Å²) in [4.78, 5) is 0. The maximum absolute atomic E-state index is 5.92. The fraction of sp³-hybridized carbons (Fsp3) is 0. The summed E-state index contributed by atoms with van der Waals surface area (Å²) >= 11 is 0. The molecule has 0 aliphatic heterocycles. The molecule has 0 atom stereocenters. The molecule has 0 amide bonds. The number of aromatic nitrogens is 2. The van der Waals surface area contributed by atoms with Gasteiger partial charge in [-0.25, -0.2) is 0 Å². The van der Waals surface area contributed by atoms with Crippen LogP contribution in [0.25, 0.3) is 33.7 Å². The molecule has 5 rings (SSSR count). The van der Waals surface area contributed by atoms with E-state index < -0.39 is 0 Å². The summed E-state index contributed by atoms with van der Waals surface area (Å²) in [5.74, 6) is 7.34. The number of nitrogens with zero attached hydrogens (tertiary/aromatic N) is 2. The van der Waals surface area contributed by atoms with E-state index in [1.807, 2.05) is 72.8 Å². The van der Waals surface area contributed by atoms with Crippen molar-refractivity contribution in [1.82, 2.24) is 10.2 Å². The number of benzene rings is 4. The second kappa shape index (κ2) is 7.46. The number of rotatable bonds is 2. The van der Waals surface area contributed by atoms with E-state index in [0.717, 1.165) is 27.6 Å². The zero-order valence-electron chi connectivity index (χ0n) is 15.5. The highest BCUT2D eigenvalue weighted by molar-refractivity contribution is 5.86. The largest absolute Gasteiger partial charge is 0.416 e. The fourth-order valence-electron chi connectivity index (χ4n) is 3.14. The van der Waals surface area contributed by atoms with Crippen molar-refractivity contribution in [2.24, 2.45) is 0 Å². The van der Waals surface area contributed by atoms with Crippen molar-refractivity contribution >= 4 is 10.8 Å². The molecule has 0 saturated heterocycles. The van der Waals surface area contributed by atoms with Crippen LogP contribution in [-0.4, -0.2) is 10.2 Å². The van der Waals surface area contributed by atoms with E-state index >= 15 is 0 Å². The SMILES string of the molecule is C(#Cc1ccc(-c2nnc(-c3ccc4ccccc4c3)o2)cc1)c1ccccc1.